The number of amides is 1. The van der Waals surface area contributed by atoms with Crippen LogP contribution in [0.15, 0.2) is 53.6 Å². The Morgan fingerprint density at radius 3 is 2.27 bits per heavy atom. The summed E-state index contributed by atoms with van der Waals surface area (Å²) in [6.07, 6.45) is 0.986. The highest BCUT2D eigenvalue weighted by atomic mass is 16.5. The number of benzene rings is 2. The van der Waals surface area contributed by atoms with Crippen LogP contribution in [0.2, 0.25) is 0 Å². The van der Waals surface area contributed by atoms with E-state index in [2.05, 4.69) is 34.2 Å². The maximum absolute atomic E-state index is 12.4. The third-order valence-electron chi connectivity index (χ3n) is 5.13. The van der Waals surface area contributed by atoms with Gasteiger partial charge in [-0.05, 0) is 49.1 Å². The maximum atomic E-state index is 12.4. The maximum Gasteiger partial charge on any atom is 0.337 e. The van der Waals surface area contributed by atoms with Gasteiger partial charge in [0.2, 0.25) is 0 Å². The number of nitrogens with one attached hydrogen (secondary N) is 1. The summed E-state index contributed by atoms with van der Waals surface area (Å²) >= 11 is 0. The molecule has 2 N–H and O–H groups in total. The van der Waals surface area contributed by atoms with Crippen molar-refractivity contribution < 1.29 is 19.4 Å². The van der Waals surface area contributed by atoms with Gasteiger partial charge in [0, 0.05) is 18.2 Å². The first-order valence-corrected chi connectivity index (χ1v) is 10.6. The van der Waals surface area contributed by atoms with Crippen LogP contribution in [0.25, 0.3) is 11.3 Å². The molecule has 0 bridgehead atoms. The quantitative estimate of drug-likeness (QED) is 0.324. The van der Waals surface area contributed by atoms with Crippen molar-refractivity contribution in [3.05, 3.63) is 70.9 Å². The van der Waals surface area contributed by atoms with Crippen molar-refractivity contribution in [2.45, 2.75) is 27.2 Å². The molecule has 3 rings (SSSR count). The summed E-state index contributed by atoms with van der Waals surface area (Å²) in [6.45, 7) is 6.00. The highest BCUT2D eigenvalue weighted by Gasteiger charge is 2.19. The number of esters is 1. The van der Waals surface area contributed by atoms with Crippen LogP contribution in [0.5, 0.6) is 5.75 Å². The van der Waals surface area contributed by atoms with Crippen molar-refractivity contribution in [1.82, 2.24) is 15.2 Å². The van der Waals surface area contributed by atoms with E-state index in [0.29, 0.717) is 28.5 Å². The van der Waals surface area contributed by atoms with Crippen LogP contribution >= 0.6 is 0 Å². The lowest BCUT2D eigenvalue weighted by Crippen LogP contribution is -2.19. The largest absolute Gasteiger partial charge is 0.504 e. The molecule has 1 heterocycles. The Balaban J connectivity index is 1.77. The SMILES string of the molecule is COC(=O)c1ccc(C(=O)N/N=C(/C)c2nn(C)c(-c3ccc(CC(C)C)cc3)c2O)cc1. The molecule has 0 saturated carbocycles. The lowest BCUT2D eigenvalue weighted by Gasteiger charge is -2.07. The van der Waals surface area contributed by atoms with Crippen molar-refractivity contribution in [3.8, 4) is 17.0 Å². The van der Waals surface area contributed by atoms with E-state index in [1.54, 1.807) is 18.7 Å². The Bertz CT molecular complexity index is 1180. The highest BCUT2D eigenvalue weighted by Crippen LogP contribution is 2.32. The first kappa shape index (κ1) is 23.7. The molecule has 0 radical (unpaired) electrons. The standard InChI is InChI=1S/C25H28N4O4/c1-15(2)14-17-6-8-18(9-7-17)22-23(30)21(28-29(22)4)16(3)26-27-24(31)19-10-12-20(13-11-19)25(32)33-5/h6-13,15,30H,14H2,1-5H3,(H,27,31)/b26-16-. The summed E-state index contributed by atoms with van der Waals surface area (Å²) in [5, 5.41) is 19.3. The molecule has 0 spiro atoms. The number of ether oxygens (including phenoxy) is 1. The van der Waals surface area contributed by atoms with Crippen LogP contribution < -0.4 is 5.43 Å². The van der Waals surface area contributed by atoms with Crippen molar-refractivity contribution in [1.29, 1.82) is 0 Å². The summed E-state index contributed by atoms with van der Waals surface area (Å²) in [4.78, 5) is 23.9. The number of carbonyl (C=O) groups excluding carboxylic acids is 2. The van der Waals surface area contributed by atoms with Crippen LogP contribution in [0, 0.1) is 5.92 Å². The molecule has 2 aromatic carbocycles. The van der Waals surface area contributed by atoms with Gasteiger partial charge in [-0.25, -0.2) is 10.2 Å². The fourth-order valence-corrected chi connectivity index (χ4v) is 3.48. The van der Waals surface area contributed by atoms with E-state index in [9.17, 15) is 14.7 Å². The second kappa shape index (κ2) is 10.1. The van der Waals surface area contributed by atoms with Gasteiger partial charge in [0.05, 0.1) is 18.4 Å². The predicted octanol–water partition coefficient (Wildman–Crippen LogP) is 3.93. The number of aryl methyl sites for hydroxylation is 1. The van der Waals surface area contributed by atoms with Crippen molar-refractivity contribution in [3.63, 3.8) is 0 Å². The molecule has 0 aliphatic carbocycles. The van der Waals surface area contributed by atoms with Crippen LogP contribution in [0.1, 0.15) is 52.7 Å². The fraction of sp³-hybridized carbons (Fsp3) is 0.280. The minimum Gasteiger partial charge on any atom is -0.504 e. The Labute approximate surface area is 192 Å². The third kappa shape index (κ3) is 5.46. The number of aromatic nitrogens is 2. The molecule has 0 unspecified atom stereocenters. The first-order chi connectivity index (χ1) is 15.7. The summed E-state index contributed by atoms with van der Waals surface area (Å²) in [5.74, 6) is -0.381. The second-order valence-corrected chi connectivity index (χ2v) is 8.17. The molecule has 0 aliphatic rings. The number of hydrogen-bond acceptors (Lipinski definition) is 6. The van der Waals surface area contributed by atoms with Crippen molar-refractivity contribution >= 4 is 17.6 Å². The van der Waals surface area contributed by atoms with E-state index >= 15 is 0 Å². The van der Waals surface area contributed by atoms with Gasteiger partial charge in [-0.3, -0.25) is 9.48 Å². The Morgan fingerprint density at radius 1 is 1.09 bits per heavy atom. The van der Waals surface area contributed by atoms with Crippen LogP contribution in [-0.4, -0.2) is 39.6 Å². The lowest BCUT2D eigenvalue weighted by molar-refractivity contribution is 0.0600. The Kier molecular flexibility index (Phi) is 7.27. The van der Waals surface area contributed by atoms with Crippen LogP contribution in [0.4, 0.5) is 0 Å². The number of carbonyl (C=O) groups is 2. The second-order valence-electron chi connectivity index (χ2n) is 8.17. The molecular formula is C25H28N4O4. The number of rotatable bonds is 7. The molecule has 1 aromatic heterocycles. The molecule has 1 amide bonds. The smallest absolute Gasteiger partial charge is 0.337 e. The molecule has 0 saturated heterocycles. The summed E-state index contributed by atoms with van der Waals surface area (Å²) in [6, 6.07) is 14.0. The molecule has 8 nitrogen and oxygen atoms in total. The normalized spacial score (nSPS) is 11.5. The average Bonchev–Trinajstić information content (AvgIpc) is 3.11. The van der Waals surface area contributed by atoms with E-state index in [4.69, 9.17) is 0 Å². The van der Waals surface area contributed by atoms with Crippen LogP contribution in [-0.2, 0) is 18.2 Å². The number of nitrogens with zero attached hydrogens (tertiary/aromatic N) is 3. The van der Waals surface area contributed by atoms with E-state index in [0.717, 1.165) is 12.0 Å². The molecule has 8 heteroatoms. The Morgan fingerprint density at radius 2 is 1.70 bits per heavy atom. The summed E-state index contributed by atoms with van der Waals surface area (Å²) in [7, 11) is 3.04. The fourth-order valence-electron chi connectivity index (χ4n) is 3.48. The van der Waals surface area contributed by atoms with E-state index in [-0.39, 0.29) is 11.4 Å². The monoisotopic (exact) mass is 448 g/mol. The van der Waals surface area contributed by atoms with Gasteiger partial charge >= 0.3 is 5.97 Å². The van der Waals surface area contributed by atoms with Crippen molar-refractivity contribution in [2.75, 3.05) is 7.11 Å². The van der Waals surface area contributed by atoms with Gasteiger partial charge in [-0.1, -0.05) is 38.1 Å². The highest BCUT2D eigenvalue weighted by molar-refractivity contribution is 6.02. The molecular weight excluding hydrogens is 420 g/mol. The molecule has 172 valence electrons. The van der Waals surface area contributed by atoms with Crippen molar-refractivity contribution in [2.24, 2.45) is 18.1 Å². The van der Waals surface area contributed by atoms with E-state index in [1.807, 2.05) is 24.3 Å². The van der Waals surface area contributed by atoms with Gasteiger partial charge in [0.15, 0.2) is 11.4 Å². The third-order valence-corrected chi connectivity index (χ3v) is 5.13. The molecule has 0 fully saturated rings. The molecule has 3 aromatic rings. The summed E-state index contributed by atoms with van der Waals surface area (Å²) in [5.41, 5.74) is 6.39. The minimum absolute atomic E-state index is 0.00737. The van der Waals surface area contributed by atoms with E-state index < -0.39 is 11.9 Å². The molecule has 0 atom stereocenters. The topological polar surface area (TPSA) is 106 Å². The number of hydrogen-bond donors (Lipinski definition) is 2. The zero-order chi connectivity index (χ0) is 24.1. The zero-order valence-electron chi connectivity index (χ0n) is 19.4. The van der Waals surface area contributed by atoms with Gasteiger partial charge in [-0.15, -0.1) is 0 Å². The molecule has 33 heavy (non-hydrogen) atoms. The van der Waals surface area contributed by atoms with E-state index in [1.165, 1.54) is 36.9 Å². The van der Waals surface area contributed by atoms with Gasteiger partial charge in [0.1, 0.15) is 5.69 Å². The number of methoxy groups -OCH3 is 1. The Hall–Kier alpha value is -3.94. The van der Waals surface area contributed by atoms with Gasteiger partial charge in [0.25, 0.3) is 5.91 Å². The molecule has 0 aliphatic heterocycles. The predicted molar refractivity (Wildman–Crippen MR) is 126 cm³/mol. The van der Waals surface area contributed by atoms with Gasteiger partial charge < -0.3 is 9.84 Å². The number of hydrazone groups is 1. The van der Waals surface area contributed by atoms with Crippen LogP contribution in [0.3, 0.4) is 0 Å². The first-order valence-electron chi connectivity index (χ1n) is 10.6. The minimum atomic E-state index is -0.480. The lowest BCUT2D eigenvalue weighted by atomic mass is 10.0. The van der Waals surface area contributed by atoms with Gasteiger partial charge in [-0.2, -0.15) is 10.2 Å². The average molecular weight is 449 g/mol. The zero-order valence-corrected chi connectivity index (χ0v) is 19.4. The number of aromatic hydroxyl groups is 1. The summed E-state index contributed by atoms with van der Waals surface area (Å²) < 4.78 is 6.24.